The average molecular weight is 224 g/mol. The van der Waals surface area contributed by atoms with Crippen molar-refractivity contribution in [3.63, 3.8) is 0 Å². The maximum Gasteiger partial charge on any atom is 0.119 e. The van der Waals surface area contributed by atoms with Crippen LogP contribution in [0, 0.1) is 0 Å². The van der Waals surface area contributed by atoms with Crippen molar-refractivity contribution in [3.8, 4) is 5.75 Å². The van der Waals surface area contributed by atoms with Gasteiger partial charge in [-0.3, -0.25) is 0 Å². The van der Waals surface area contributed by atoms with E-state index in [4.69, 9.17) is 9.84 Å². The molecular formula is C13H20O3. The molecule has 1 rings (SSSR count). The van der Waals surface area contributed by atoms with Crippen LogP contribution in [0.3, 0.4) is 0 Å². The molecule has 0 saturated heterocycles. The first-order chi connectivity index (χ1) is 7.71. The number of hydrogen-bond donors (Lipinski definition) is 2. The van der Waals surface area contributed by atoms with Gasteiger partial charge in [0, 0.05) is 0 Å². The second-order valence-corrected chi connectivity index (χ2v) is 3.86. The van der Waals surface area contributed by atoms with Gasteiger partial charge in [0.1, 0.15) is 5.75 Å². The van der Waals surface area contributed by atoms with E-state index in [-0.39, 0.29) is 6.61 Å². The average Bonchev–Trinajstić information content (AvgIpc) is 2.35. The third-order valence-corrected chi connectivity index (χ3v) is 2.75. The molecule has 90 valence electrons. The van der Waals surface area contributed by atoms with Crippen LogP contribution in [-0.4, -0.2) is 30.0 Å². The Morgan fingerprint density at radius 2 is 2.06 bits per heavy atom. The van der Waals surface area contributed by atoms with Gasteiger partial charge in [0.05, 0.1) is 19.8 Å². The van der Waals surface area contributed by atoms with E-state index in [1.54, 1.807) is 7.11 Å². The molecule has 2 N–H and O–H groups in total. The summed E-state index contributed by atoms with van der Waals surface area (Å²) >= 11 is 0. The predicted molar refractivity (Wildman–Crippen MR) is 63.8 cm³/mol. The molecule has 0 aromatic heterocycles. The normalized spacial score (nSPS) is 12.5. The minimum atomic E-state index is -0.619. The molecule has 0 saturated carbocycles. The summed E-state index contributed by atoms with van der Waals surface area (Å²) in [6.07, 6.45) is 1.71. The summed E-state index contributed by atoms with van der Waals surface area (Å²) in [7, 11) is 1.66. The van der Waals surface area contributed by atoms with Crippen molar-refractivity contribution in [2.24, 2.45) is 0 Å². The number of aryl methyl sites for hydroxylation is 2. The van der Waals surface area contributed by atoms with Gasteiger partial charge in [-0.25, -0.2) is 0 Å². The standard InChI is InChI=1S/C13H20O3/c1-3-10-8-13(16-2)7-5-11(10)4-6-12(15)9-14/h5,7-8,12,14-15H,3-4,6,9H2,1-2H3. The molecule has 16 heavy (non-hydrogen) atoms. The molecule has 0 aliphatic heterocycles. The van der Waals surface area contributed by atoms with Crippen LogP contribution in [0.1, 0.15) is 24.5 Å². The van der Waals surface area contributed by atoms with E-state index in [1.165, 1.54) is 11.1 Å². The first kappa shape index (κ1) is 13.0. The highest BCUT2D eigenvalue weighted by Gasteiger charge is 2.06. The Morgan fingerprint density at radius 3 is 2.62 bits per heavy atom. The van der Waals surface area contributed by atoms with Gasteiger partial charge >= 0.3 is 0 Å². The molecule has 3 nitrogen and oxygen atoms in total. The number of rotatable bonds is 6. The number of aliphatic hydroxyl groups is 2. The van der Waals surface area contributed by atoms with Crippen molar-refractivity contribution < 1.29 is 14.9 Å². The lowest BCUT2D eigenvalue weighted by Crippen LogP contribution is -2.13. The minimum Gasteiger partial charge on any atom is -0.497 e. The fourth-order valence-electron chi connectivity index (χ4n) is 1.72. The molecule has 0 amide bonds. The third kappa shape index (κ3) is 3.51. The monoisotopic (exact) mass is 224 g/mol. The number of hydrogen-bond acceptors (Lipinski definition) is 3. The van der Waals surface area contributed by atoms with Crippen LogP contribution < -0.4 is 4.74 Å². The van der Waals surface area contributed by atoms with Crippen molar-refractivity contribution in [2.45, 2.75) is 32.3 Å². The van der Waals surface area contributed by atoms with E-state index in [9.17, 15) is 5.11 Å². The molecule has 3 heteroatoms. The Balaban J connectivity index is 2.71. The van der Waals surface area contributed by atoms with Gasteiger partial charge in [-0.1, -0.05) is 13.0 Å². The lowest BCUT2D eigenvalue weighted by atomic mass is 9.99. The maximum absolute atomic E-state index is 9.31. The highest BCUT2D eigenvalue weighted by molar-refractivity contribution is 5.35. The molecule has 0 bridgehead atoms. The molecule has 1 aromatic carbocycles. The van der Waals surface area contributed by atoms with Crippen molar-refractivity contribution in [3.05, 3.63) is 29.3 Å². The van der Waals surface area contributed by atoms with Crippen molar-refractivity contribution in [2.75, 3.05) is 13.7 Å². The zero-order valence-corrected chi connectivity index (χ0v) is 9.94. The van der Waals surface area contributed by atoms with E-state index in [0.717, 1.165) is 18.6 Å². The molecule has 0 radical (unpaired) electrons. The molecule has 1 unspecified atom stereocenters. The second kappa shape index (κ2) is 6.51. The Hall–Kier alpha value is -1.06. The highest BCUT2D eigenvalue weighted by atomic mass is 16.5. The second-order valence-electron chi connectivity index (χ2n) is 3.86. The molecule has 0 heterocycles. The number of ether oxygens (including phenoxy) is 1. The van der Waals surface area contributed by atoms with Crippen LogP contribution in [0.2, 0.25) is 0 Å². The van der Waals surface area contributed by atoms with E-state index in [0.29, 0.717) is 6.42 Å². The van der Waals surface area contributed by atoms with Gasteiger partial charge in [-0.05, 0) is 42.5 Å². The van der Waals surface area contributed by atoms with Crippen LogP contribution in [0.25, 0.3) is 0 Å². The lowest BCUT2D eigenvalue weighted by Gasteiger charge is -2.11. The van der Waals surface area contributed by atoms with Gasteiger partial charge in [0.2, 0.25) is 0 Å². The Labute approximate surface area is 96.7 Å². The van der Waals surface area contributed by atoms with Crippen LogP contribution in [0.5, 0.6) is 5.75 Å². The van der Waals surface area contributed by atoms with Gasteiger partial charge in [0.15, 0.2) is 0 Å². The SMILES string of the molecule is CCc1cc(OC)ccc1CCC(O)CO. The zero-order valence-electron chi connectivity index (χ0n) is 9.94. The molecule has 0 fully saturated rings. The van der Waals surface area contributed by atoms with E-state index in [2.05, 4.69) is 6.92 Å². The zero-order chi connectivity index (χ0) is 12.0. The van der Waals surface area contributed by atoms with Crippen molar-refractivity contribution >= 4 is 0 Å². The molecule has 1 aromatic rings. The first-order valence-corrected chi connectivity index (χ1v) is 5.66. The van der Waals surface area contributed by atoms with Crippen molar-refractivity contribution in [1.29, 1.82) is 0 Å². The Bertz CT molecular complexity index is 323. The van der Waals surface area contributed by atoms with Gasteiger partial charge in [-0.2, -0.15) is 0 Å². The van der Waals surface area contributed by atoms with Crippen molar-refractivity contribution in [1.82, 2.24) is 0 Å². The topological polar surface area (TPSA) is 49.7 Å². The third-order valence-electron chi connectivity index (χ3n) is 2.75. The van der Waals surface area contributed by atoms with E-state index < -0.39 is 6.10 Å². The first-order valence-electron chi connectivity index (χ1n) is 5.66. The minimum absolute atomic E-state index is 0.169. The highest BCUT2D eigenvalue weighted by Crippen LogP contribution is 2.19. The smallest absolute Gasteiger partial charge is 0.119 e. The van der Waals surface area contributed by atoms with Crippen LogP contribution >= 0.6 is 0 Å². The Kier molecular flexibility index (Phi) is 5.29. The fourth-order valence-corrected chi connectivity index (χ4v) is 1.72. The van der Waals surface area contributed by atoms with Gasteiger partial charge in [-0.15, -0.1) is 0 Å². The van der Waals surface area contributed by atoms with Crippen LogP contribution in [-0.2, 0) is 12.8 Å². The summed E-state index contributed by atoms with van der Waals surface area (Å²) in [5.41, 5.74) is 2.46. The maximum atomic E-state index is 9.31. The summed E-state index contributed by atoms with van der Waals surface area (Å²) in [5, 5.41) is 18.1. The molecule has 0 aliphatic rings. The van der Waals surface area contributed by atoms with E-state index in [1.807, 2.05) is 18.2 Å². The fraction of sp³-hybridized carbons (Fsp3) is 0.538. The number of benzene rings is 1. The molecule has 1 atom stereocenters. The lowest BCUT2D eigenvalue weighted by molar-refractivity contribution is 0.0885. The molecule has 0 spiro atoms. The van der Waals surface area contributed by atoms with Crippen LogP contribution in [0.4, 0.5) is 0 Å². The predicted octanol–water partition coefficient (Wildman–Crippen LogP) is 1.54. The quantitative estimate of drug-likeness (QED) is 0.770. The summed E-state index contributed by atoms with van der Waals surface area (Å²) < 4.78 is 5.17. The van der Waals surface area contributed by atoms with Crippen LogP contribution in [0.15, 0.2) is 18.2 Å². The summed E-state index contributed by atoms with van der Waals surface area (Å²) in [6, 6.07) is 5.99. The number of methoxy groups -OCH3 is 1. The molecular weight excluding hydrogens is 204 g/mol. The Morgan fingerprint density at radius 1 is 1.31 bits per heavy atom. The van der Waals surface area contributed by atoms with Gasteiger partial charge < -0.3 is 14.9 Å². The van der Waals surface area contributed by atoms with E-state index >= 15 is 0 Å². The number of aliphatic hydroxyl groups excluding tert-OH is 2. The van der Waals surface area contributed by atoms with Gasteiger partial charge in [0.25, 0.3) is 0 Å². The summed E-state index contributed by atoms with van der Waals surface area (Å²) in [4.78, 5) is 0. The summed E-state index contributed by atoms with van der Waals surface area (Å²) in [6.45, 7) is 1.93. The molecule has 0 aliphatic carbocycles. The summed E-state index contributed by atoms with van der Waals surface area (Å²) in [5.74, 6) is 0.864. The largest absolute Gasteiger partial charge is 0.497 e.